The summed E-state index contributed by atoms with van der Waals surface area (Å²) in [5, 5.41) is 3.07. The number of rotatable bonds is 7. The van der Waals surface area contributed by atoms with Gasteiger partial charge in [-0.1, -0.05) is 30.3 Å². The average Bonchev–Trinajstić information content (AvgIpc) is 2.77. The summed E-state index contributed by atoms with van der Waals surface area (Å²) in [6, 6.07) is 15.7. The van der Waals surface area contributed by atoms with Gasteiger partial charge in [0.25, 0.3) is 0 Å². The Morgan fingerprint density at radius 3 is 2.46 bits per heavy atom. The van der Waals surface area contributed by atoms with Crippen LogP contribution in [0.1, 0.15) is 24.0 Å². The second-order valence-electron chi connectivity index (χ2n) is 6.91. The number of amides is 1. The molecule has 0 unspecified atom stereocenters. The second kappa shape index (κ2) is 9.42. The summed E-state index contributed by atoms with van der Waals surface area (Å²) in [6.45, 7) is 1.95. The van der Waals surface area contributed by atoms with E-state index < -0.39 is 0 Å². The van der Waals surface area contributed by atoms with Crippen LogP contribution in [0.5, 0.6) is 11.5 Å². The first-order chi connectivity index (χ1) is 13.7. The fourth-order valence-corrected chi connectivity index (χ4v) is 3.56. The zero-order chi connectivity index (χ0) is 19.8. The molecule has 1 heterocycles. The molecular weight excluding hydrogens is 354 g/mol. The molecule has 1 aliphatic heterocycles. The number of para-hydroxylation sites is 1. The Morgan fingerprint density at radius 1 is 1.07 bits per heavy atom. The van der Waals surface area contributed by atoms with E-state index in [1.807, 2.05) is 36.4 Å². The van der Waals surface area contributed by atoms with Crippen LogP contribution in [0.15, 0.2) is 54.6 Å². The maximum atomic E-state index is 12.4. The van der Waals surface area contributed by atoms with Gasteiger partial charge in [0.2, 0.25) is 5.91 Å². The number of hydrogen-bond donors (Lipinski definition) is 1. The van der Waals surface area contributed by atoms with Gasteiger partial charge in [-0.05, 0) is 42.7 Å². The standard InChI is InChI=1S/C23H27NO4/c1-26-20-10-8-19(9-11-20)23(13-15-28-16-14-23)17-24-22(25)12-7-18-5-3-4-6-21(18)27-2/h3-12H,13-17H2,1-2H3,(H,24,25)/b12-7+. The third-order valence-corrected chi connectivity index (χ3v) is 5.31. The lowest BCUT2D eigenvalue weighted by atomic mass is 9.74. The number of carbonyl (C=O) groups is 1. The van der Waals surface area contributed by atoms with Crippen LogP contribution in [0.25, 0.3) is 6.08 Å². The lowest BCUT2D eigenvalue weighted by Crippen LogP contribution is -2.44. The lowest BCUT2D eigenvalue weighted by molar-refractivity contribution is -0.116. The molecule has 0 atom stereocenters. The molecule has 1 N–H and O–H groups in total. The summed E-state index contributed by atoms with van der Waals surface area (Å²) < 4.78 is 16.1. The van der Waals surface area contributed by atoms with Gasteiger partial charge >= 0.3 is 0 Å². The van der Waals surface area contributed by atoms with Crippen molar-refractivity contribution in [1.29, 1.82) is 0 Å². The molecule has 0 aliphatic carbocycles. The van der Waals surface area contributed by atoms with E-state index in [1.54, 1.807) is 26.4 Å². The molecule has 2 aromatic carbocycles. The van der Waals surface area contributed by atoms with Crippen LogP contribution < -0.4 is 14.8 Å². The highest BCUT2D eigenvalue weighted by Crippen LogP contribution is 2.35. The molecule has 0 radical (unpaired) electrons. The molecule has 1 amide bonds. The van der Waals surface area contributed by atoms with Crippen molar-refractivity contribution < 1.29 is 19.0 Å². The van der Waals surface area contributed by atoms with Crippen molar-refractivity contribution in [2.45, 2.75) is 18.3 Å². The minimum Gasteiger partial charge on any atom is -0.497 e. The van der Waals surface area contributed by atoms with Gasteiger partial charge in [-0.25, -0.2) is 0 Å². The number of carbonyl (C=O) groups excluding carboxylic acids is 1. The molecular formula is C23H27NO4. The Hall–Kier alpha value is -2.79. The van der Waals surface area contributed by atoms with Gasteiger partial charge in [-0.15, -0.1) is 0 Å². The Morgan fingerprint density at radius 2 is 1.79 bits per heavy atom. The highest BCUT2D eigenvalue weighted by atomic mass is 16.5. The second-order valence-corrected chi connectivity index (χ2v) is 6.91. The minimum atomic E-state index is -0.127. The summed E-state index contributed by atoms with van der Waals surface area (Å²) in [4.78, 5) is 12.4. The summed E-state index contributed by atoms with van der Waals surface area (Å²) in [5.74, 6) is 1.45. The fraction of sp³-hybridized carbons (Fsp3) is 0.348. The normalized spacial score (nSPS) is 15.9. The van der Waals surface area contributed by atoms with Gasteiger partial charge < -0.3 is 19.5 Å². The Bertz CT molecular complexity index is 808. The number of hydrogen-bond acceptors (Lipinski definition) is 4. The van der Waals surface area contributed by atoms with Crippen LogP contribution >= 0.6 is 0 Å². The van der Waals surface area contributed by atoms with E-state index in [9.17, 15) is 4.79 Å². The molecule has 5 heteroatoms. The SMILES string of the molecule is COc1ccc(C2(CNC(=O)/C=C/c3ccccc3OC)CCOCC2)cc1. The van der Waals surface area contributed by atoms with Crippen LogP contribution in [-0.4, -0.2) is 39.9 Å². The maximum absolute atomic E-state index is 12.4. The van der Waals surface area contributed by atoms with Crippen molar-refractivity contribution in [3.05, 3.63) is 65.7 Å². The number of ether oxygens (including phenoxy) is 3. The Balaban J connectivity index is 1.69. The van der Waals surface area contributed by atoms with Crippen LogP contribution in [0.2, 0.25) is 0 Å². The van der Waals surface area contributed by atoms with Crippen LogP contribution in [0.4, 0.5) is 0 Å². The molecule has 1 fully saturated rings. The molecule has 0 aromatic heterocycles. The molecule has 28 heavy (non-hydrogen) atoms. The molecule has 0 spiro atoms. The summed E-state index contributed by atoms with van der Waals surface area (Å²) in [7, 11) is 3.28. The van der Waals surface area contributed by atoms with Crippen molar-refractivity contribution in [2.24, 2.45) is 0 Å². The molecule has 1 saturated heterocycles. The third kappa shape index (κ3) is 4.73. The zero-order valence-corrected chi connectivity index (χ0v) is 16.4. The third-order valence-electron chi connectivity index (χ3n) is 5.31. The van der Waals surface area contributed by atoms with E-state index >= 15 is 0 Å². The summed E-state index contributed by atoms with van der Waals surface area (Å²) in [5.41, 5.74) is 1.94. The Kier molecular flexibility index (Phi) is 6.71. The van der Waals surface area contributed by atoms with Crippen molar-refractivity contribution in [1.82, 2.24) is 5.32 Å². The predicted molar refractivity (Wildman–Crippen MR) is 110 cm³/mol. The predicted octanol–water partition coefficient (Wildman–Crippen LogP) is 3.58. The smallest absolute Gasteiger partial charge is 0.244 e. The monoisotopic (exact) mass is 381 g/mol. The van der Waals surface area contributed by atoms with E-state index in [4.69, 9.17) is 14.2 Å². The quantitative estimate of drug-likeness (QED) is 0.745. The average molecular weight is 381 g/mol. The largest absolute Gasteiger partial charge is 0.497 e. The molecule has 148 valence electrons. The summed E-state index contributed by atoms with van der Waals surface area (Å²) in [6.07, 6.45) is 5.07. The van der Waals surface area contributed by atoms with Gasteiger partial charge in [-0.2, -0.15) is 0 Å². The highest BCUT2D eigenvalue weighted by molar-refractivity contribution is 5.92. The lowest BCUT2D eigenvalue weighted by Gasteiger charge is -2.38. The molecule has 1 aliphatic rings. The van der Waals surface area contributed by atoms with Gasteiger partial charge in [0, 0.05) is 36.8 Å². The van der Waals surface area contributed by atoms with Crippen LogP contribution in [-0.2, 0) is 14.9 Å². The van der Waals surface area contributed by atoms with Crippen LogP contribution in [0, 0.1) is 0 Å². The van der Waals surface area contributed by atoms with Gasteiger partial charge in [-0.3, -0.25) is 4.79 Å². The van der Waals surface area contributed by atoms with Crippen molar-refractivity contribution in [2.75, 3.05) is 34.0 Å². The van der Waals surface area contributed by atoms with E-state index in [2.05, 4.69) is 17.4 Å². The van der Waals surface area contributed by atoms with E-state index in [0.29, 0.717) is 19.8 Å². The van der Waals surface area contributed by atoms with E-state index in [0.717, 1.165) is 29.9 Å². The van der Waals surface area contributed by atoms with Gasteiger partial charge in [0.05, 0.1) is 14.2 Å². The topological polar surface area (TPSA) is 56.8 Å². The van der Waals surface area contributed by atoms with E-state index in [-0.39, 0.29) is 11.3 Å². The first kappa shape index (κ1) is 20.0. The van der Waals surface area contributed by atoms with Gasteiger partial charge in [0.15, 0.2) is 0 Å². The highest BCUT2D eigenvalue weighted by Gasteiger charge is 2.34. The first-order valence-corrected chi connectivity index (χ1v) is 9.48. The van der Waals surface area contributed by atoms with E-state index in [1.165, 1.54) is 5.56 Å². The molecule has 0 saturated carbocycles. The summed E-state index contributed by atoms with van der Waals surface area (Å²) >= 11 is 0. The Labute approximate surface area is 166 Å². The number of benzene rings is 2. The molecule has 0 bridgehead atoms. The molecule has 3 rings (SSSR count). The van der Waals surface area contributed by atoms with Crippen molar-refractivity contribution in [3.63, 3.8) is 0 Å². The maximum Gasteiger partial charge on any atom is 0.244 e. The minimum absolute atomic E-state index is 0.120. The molecule has 5 nitrogen and oxygen atoms in total. The first-order valence-electron chi connectivity index (χ1n) is 9.48. The van der Waals surface area contributed by atoms with Gasteiger partial charge in [0.1, 0.15) is 11.5 Å². The fourth-order valence-electron chi connectivity index (χ4n) is 3.56. The number of nitrogens with one attached hydrogen (secondary N) is 1. The number of methoxy groups -OCH3 is 2. The molecule has 2 aromatic rings. The van der Waals surface area contributed by atoms with Crippen molar-refractivity contribution >= 4 is 12.0 Å². The zero-order valence-electron chi connectivity index (χ0n) is 16.4. The van der Waals surface area contributed by atoms with Crippen LogP contribution in [0.3, 0.4) is 0 Å². The van der Waals surface area contributed by atoms with Crippen molar-refractivity contribution in [3.8, 4) is 11.5 Å².